The minimum Gasteiger partial charge on any atom is -0.490 e. The average molecular weight is 603 g/mol. The van der Waals surface area contributed by atoms with Crippen molar-refractivity contribution in [1.82, 2.24) is 0 Å². The molecule has 0 heterocycles. The van der Waals surface area contributed by atoms with Gasteiger partial charge in [-0.1, -0.05) is 29.8 Å². The van der Waals surface area contributed by atoms with E-state index in [0.717, 1.165) is 9.13 Å². The third-order valence-electron chi connectivity index (χ3n) is 4.73. The lowest BCUT2D eigenvalue weighted by Crippen LogP contribution is -2.13. The Morgan fingerprint density at radius 2 is 1.86 bits per heavy atom. The van der Waals surface area contributed by atoms with Gasteiger partial charge in [0.25, 0.3) is 5.91 Å². The van der Waals surface area contributed by atoms with Crippen LogP contribution in [0.2, 0.25) is 5.02 Å². The lowest BCUT2D eigenvalue weighted by atomic mass is 10.1. The maximum absolute atomic E-state index is 12.6. The van der Waals surface area contributed by atoms with Crippen molar-refractivity contribution >= 4 is 57.8 Å². The van der Waals surface area contributed by atoms with Crippen molar-refractivity contribution in [3.63, 3.8) is 0 Å². The van der Waals surface area contributed by atoms with Gasteiger partial charge in [0, 0.05) is 16.3 Å². The number of carbonyl (C=O) groups excluding carboxylic acids is 1. The molecule has 0 fully saturated rings. The molecule has 0 aliphatic heterocycles. The van der Waals surface area contributed by atoms with Crippen LogP contribution >= 0.6 is 34.2 Å². The molecular formula is C26H20ClIN2O5. The first kappa shape index (κ1) is 26.1. The van der Waals surface area contributed by atoms with E-state index < -0.39 is 11.9 Å². The number of ether oxygens (including phenoxy) is 2. The number of hydrogen-bond acceptors (Lipinski definition) is 5. The quantitative estimate of drug-likeness (QED) is 0.172. The molecule has 9 heteroatoms. The molecule has 3 aromatic rings. The minimum atomic E-state index is -1.07. The SMILES string of the molecule is CCOc1cc(/C=C(\C#N)C(=O)Nc2ccc(C(=O)O)cc2)cc(I)c1OCc1ccccc1Cl. The third-order valence-corrected chi connectivity index (χ3v) is 5.90. The van der Waals surface area contributed by atoms with Gasteiger partial charge in [-0.3, -0.25) is 4.79 Å². The Morgan fingerprint density at radius 3 is 2.49 bits per heavy atom. The van der Waals surface area contributed by atoms with Crippen LogP contribution in [-0.2, 0) is 11.4 Å². The summed E-state index contributed by atoms with van der Waals surface area (Å²) in [6, 6.07) is 18.4. The van der Waals surface area contributed by atoms with Crippen molar-refractivity contribution in [2.24, 2.45) is 0 Å². The predicted molar refractivity (Wildman–Crippen MR) is 142 cm³/mol. The average Bonchev–Trinajstić information content (AvgIpc) is 2.83. The number of carboxylic acids is 1. The number of amides is 1. The normalized spacial score (nSPS) is 10.9. The number of nitrogens with zero attached hydrogens (tertiary/aromatic N) is 1. The zero-order valence-corrected chi connectivity index (χ0v) is 21.5. The second-order valence-electron chi connectivity index (χ2n) is 7.15. The highest BCUT2D eigenvalue weighted by atomic mass is 127. The first-order chi connectivity index (χ1) is 16.8. The summed E-state index contributed by atoms with van der Waals surface area (Å²) in [6.07, 6.45) is 1.45. The Bertz CT molecular complexity index is 1320. The number of benzene rings is 3. The monoisotopic (exact) mass is 602 g/mol. The molecule has 3 rings (SSSR count). The van der Waals surface area contributed by atoms with Gasteiger partial charge in [-0.05, 0) is 83.6 Å². The largest absolute Gasteiger partial charge is 0.490 e. The molecule has 3 aromatic carbocycles. The van der Waals surface area contributed by atoms with Crippen molar-refractivity contribution in [1.29, 1.82) is 5.26 Å². The van der Waals surface area contributed by atoms with Crippen LogP contribution in [0.3, 0.4) is 0 Å². The zero-order valence-electron chi connectivity index (χ0n) is 18.5. The standard InChI is InChI=1S/C26H20ClIN2O5/c1-2-34-23-13-16(12-22(28)24(23)35-15-18-5-3-4-6-21(18)27)11-19(14-29)25(31)30-20-9-7-17(8-10-20)26(32)33/h3-13H,2,15H2,1H3,(H,30,31)(H,32,33)/b19-11+. The highest BCUT2D eigenvalue weighted by Gasteiger charge is 2.15. The van der Waals surface area contributed by atoms with E-state index in [1.54, 1.807) is 18.2 Å². The van der Waals surface area contributed by atoms with Crippen molar-refractivity contribution in [2.45, 2.75) is 13.5 Å². The number of nitrogens with one attached hydrogen (secondary N) is 1. The van der Waals surface area contributed by atoms with E-state index in [4.69, 9.17) is 26.2 Å². The number of nitriles is 1. The Morgan fingerprint density at radius 1 is 1.14 bits per heavy atom. The third kappa shape index (κ3) is 6.97. The summed E-state index contributed by atoms with van der Waals surface area (Å²) in [5, 5.41) is 21.7. The van der Waals surface area contributed by atoms with Crippen molar-refractivity contribution in [3.05, 3.63) is 91.5 Å². The first-order valence-electron chi connectivity index (χ1n) is 10.4. The minimum absolute atomic E-state index is 0.0916. The predicted octanol–water partition coefficient (Wildman–Crippen LogP) is 6.17. The summed E-state index contributed by atoms with van der Waals surface area (Å²) in [5.74, 6) is -0.687. The van der Waals surface area contributed by atoms with Gasteiger partial charge in [0.2, 0.25) is 0 Å². The number of anilines is 1. The van der Waals surface area contributed by atoms with Crippen molar-refractivity contribution in [2.75, 3.05) is 11.9 Å². The number of hydrogen-bond donors (Lipinski definition) is 2. The fourth-order valence-corrected chi connectivity index (χ4v) is 4.02. The summed E-state index contributed by atoms with van der Waals surface area (Å²) >= 11 is 8.33. The Kier molecular flexibility index (Phi) is 9.11. The highest BCUT2D eigenvalue weighted by Crippen LogP contribution is 2.36. The van der Waals surface area contributed by atoms with Crippen LogP contribution in [0, 0.1) is 14.9 Å². The summed E-state index contributed by atoms with van der Waals surface area (Å²) in [5.41, 5.74) is 1.74. The molecule has 0 aromatic heterocycles. The van der Waals surface area contributed by atoms with Gasteiger partial charge in [-0.2, -0.15) is 5.26 Å². The molecule has 178 valence electrons. The molecule has 0 aliphatic carbocycles. The van der Waals surface area contributed by atoms with E-state index in [1.165, 1.54) is 30.3 Å². The lowest BCUT2D eigenvalue weighted by molar-refractivity contribution is -0.112. The molecular weight excluding hydrogens is 583 g/mol. The van der Waals surface area contributed by atoms with Gasteiger partial charge >= 0.3 is 5.97 Å². The van der Waals surface area contributed by atoms with E-state index in [2.05, 4.69) is 27.9 Å². The van der Waals surface area contributed by atoms with Crippen LogP contribution in [0.1, 0.15) is 28.4 Å². The van der Waals surface area contributed by atoms with Gasteiger partial charge in [0.15, 0.2) is 11.5 Å². The summed E-state index contributed by atoms with van der Waals surface area (Å²) in [6.45, 7) is 2.48. The van der Waals surface area contributed by atoms with Gasteiger partial charge in [-0.25, -0.2) is 4.79 Å². The van der Waals surface area contributed by atoms with Crippen molar-refractivity contribution in [3.8, 4) is 17.6 Å². The van der Waals surface area contributed by atoms with Crippen LogP contribution in [0.4, 0.5) is 5.69 Å². The first-order valence-corrected chi connectivity index (χ1v) is 11.9. The molecule has 0 atom stereocenters. The topological polar surface area (TPSA) is 109 Å². The number of aromatic carboxylic acids is 1. The van der Waals surface area contributed by atoms with E-state index in [1.807, 2.05) is 31.2 Å². The van der Waals surface area contributed by atoms with E-state index in [-0.39, 0.29) is 17.7 Å². The number of halogens is 2. The van der Waals surface area contributed by atoms with Crippen LogP contribution < -0.4 is 14.8 Å². The molecule has 0 spiro atoms. The molecule has 35 heavy (non-hydrogen) atoms. The molecule has 0 unspecified atom stereocenters. The Balaban J connectivity index is 1.83. The van der Waals surface area contributed by atoms with Crippen LogP contribution in [0.15, 0.2) is 66.2 Å². The summed E-state index contributed by atoms with van der Waals surface area (Å²) < 4.78 is 12.5. The van der Waals surface area contributed by atoms with Gasteiger partial charge in [0.05, 0.1) is 15.7 Å². The fraction of sp³-hybridized carbons (Fsp3) is 0.115. The second-order valence-corrected chi connectivity index (χ2v) is 8.72. The molecule has 0 bridgehead atoms. The van der Waals surface area contributed by atoms with Crippen LogP contribution in [0.5, 0.6) is 11.5 Å². The second kappa shape index (κ2) is 12.2. The number of rotatable bonds is 9. The fourth-order valence-electron chi connectivity index (χ4n) is 3.05. The molecule has 2 N–H and O–H groups in total. The maximum atomic E-state index is 12.6. The molecule has 0 radical (unpaired) electrons. The van der Waals surface area contributed by atoms with Gasteiger partial charge in [-0.15, -0.1) is 0 Å². The van der Waals surface area contributed by atoms with E-state index in [9.17, 15) is 14.9 Å². The maximum Gasteiger partial charge on any atom is 0.335 e. The Labute approximate surface area is 221 Å². The zero-order chi connectivity index (χ0) is 25.4. The summed E-state index contributed by atoms with van der Waals surface area (Å²) in [4.78, 5) is 23.6. The smallest absolute Gasteiger partial charge is 0.335 e. The number of carboxylic acid groups (broad SMARTS) is 1. The lowest BCUT2D eigenvalue weighted by Gasteiger charge is -2.15. The van der Waals surface area contributed by atoms with Gasteiger partial charge in [0.1, 0.15) is 18.2 Å². The molecule has 7 nitrogen and oxygen atoms in total. The van der Waals surface area contributed by atoms with E-state index in [0.29, 0.717) is 34.4 Å². The Hall–Kier alpha value is -3.55. The molecule has 0 saturated heterocycles. The molecule has 0 aliphatic rings. The highest BCUT2D eigenvalue weighted by molar-refractivity contribution is 14.1. The van der Waals surface area contributed by atoms with Crippen LogP contribution in [-0.4, -0.2) is 23.6 Å². The molecule has 0 saturated carbocycles. The number of carbonyl (C=O) groups is 2. The van der Waals surface area contributed by atoms with Gasteiger partial charge < -0.3 is 19.9 Å². The molecule has 1 amide bonds. The van der Waals surface area contributed by atoms with Crippen LogP contribution in [0.25, 0.3) is 6.08 Å². The van der Waals surface area contributed by atoms with Crippen molar-refractivity contribution < 1.29 is 24.2 Å². The summed E-state index contributed by atoms with van der Waals surface area (Å²) in [7, 11) is 0. The van der Waals surface area contributed by atoms with E-state index >= 15 is 0 Å².